The van der Waals surface area contributed by atoms with Gasteiger partial charge in [-0.2, -0.15) is 9.78 Å². The molecule has 0 spiro atoms. The first kappa shape index (κ1) is 23.8. The number of aromatic nitrogens is 3. The van der Waals surface area contributed by atoms with E-state index in [1.54, 1.807) is 24.3 Å². The molecule has 11 nitrogen and oxygen atoms in total. The van der Waals surface area contributed by atoms with E-state index in [1.165, 1.54) is 23.0 Å². The molecule has 4 rings (SSSR count). The van der Waals surface area contributed by atoms with E-state index in [4.69, 9.17) is 10.5 Å². The lowest BCUT2D eigenvalue weighted by molar-refractivity contribution is -0.384. The summed E-state index contributed by atoms with van der Waals surface area (Å²) in [6.45, 7) is 4.82. The van der Waals surface area contributed by atoms with Gasteiger partial charge in [0, 0.05) is 30.8 Å². The molecule has 2 aromatic heterocycles. The first-order valence-electron chi connectivity index (χ1n) is 11.1. The number of hydrogen-bond donors (Lipinski definition) is 2. The third kappa shape index (κ3) is 5.25. The summed E-state index contributed by atoms with van der Waals surface area (Å²) in [6, 6.07) is 13.3. The van der Waals surface area contributed by atoms with E-state index >= 15 is 0 Å². The van der Waals surface area contributed by atoms with Crippen molar-refractivity contribution >= 4 is 45.8 Å². The lowest BCUT2D eigenvalue weighted by Crippen LogP contribution is -2.26. The zero-order chi connectivity index (χ0) is 24.9. The van der Waals surface area contributed by atoms with Gasteiger partial charge in [-0.3, -0.25) is 14.9 Å². The molecule has 180 valence electrons. The highest BCUT2D eigenvalue weighted by atomic mass is 16.6. The number of ether oxygens (including phenoxy) is 1. The molecular formula is C24H25N7O4. The molecule has 0 saturated carbocycles. The molecule has 0 aliphatic carbocycles. The van der Waals surface area contributed by atoms with Crippen LogP contribution in [0.1, 0.15) is 36.2 Å². The number of nitrogens with two attached hydrogens (primary N) is 1. The minimum Gasteiger partial charge on any atom is -0.383 e. The Balaban J connectivity index is 1.72. The van der Waals surface area contributed by atoms with Gasteiger partial charge in [-0.05, 0) is 32.4 Å². The summed E-state index contributed by atoms with van der Waals surface area (Å²) in [7, 11) is 0. The Kier molecular flexibility index (Phi) is 6.97. The predicted molar refractivity (Wildman–Crippen MR) is 134 cm³/mol. The minimum atomic E-state index is -0.483. The summed E-state index contributed by atoms with van der Waals surface area (Å²) < 4.78 is 6.83. The van der Waals surface area contributed by atoms with Crippen LogP contribution in [0.25, 0.3) is 22.2 Å². The number of nitrogens with zero attached hydrogens (tertiary/aromatic N) is 5. The van der Waals surface area contributed by atoms with Crippen LogP contribution in [0.5, 0.6) is 0 Å². The number of nitro groups is 1. The average Bonchev–Trinajstić information content (AvgIpc) is 3.10. The highest BCUT2D eigenvalue weighted by Crippen LogP contribution is 2.28. The highest BCUT2D eigenvalue weighted by Gasteiger charge is 2.24. The van der Waals surface area contributed by atoms with Gasteiger partial charge in [0.1, 0.15) is 16.9 Å². The maximum Gasteiger partial charge on any atom is 0.270 e. The topological polar surface area (TPSA) is 151 Å². The van der Waals surface area contributed by atoms with Crippen LogP contribution in [-0.2, 0) is 4.74 Å². The lowest BCUT2D eigenvalue weighted by atomic mass is 10.2. The predicted octanol–water partition coefficient (Wildman–Crippen LogP) is 3.50. The number of amides is 1. The number of fused-ring (bicyclic) bond motifs is 2. The van der Waals surface area contributed by atoms with Crippen LogP contribution in [0.2, 0.25) is 0 Å². The molecule has 0 bridgehead atoms. The molecule has 11 heteroatoms. The quantitative estimate of drug-likeness (QED) is 0.163. The summed E-state index contributed by atoms with van der Waals surface area (Å²) >= 11 is 0. The molecule has 0 aliphatic rings. The van der Waals surface area contributed by atoms with Crippen molar-refractivity contribution in [1.82, 2.24) is 20.0 Å². The molecule has 2 heterocycles. The van der Waals surface area contributed by atoms with Gasteiger partial charge >= 0.3 is 0 Å². The standard InChI is InChI=1S/C24H25N7O4/c1-15(2)35-12-6-11-26-24(32)20-21-23(29-19-10-4-3-9-18(19)28-21)30(22(20)25)27-14-16-7-5-8-17(13-16)31(33)34/h3-5,7-10,13-15H,6,11-12,25H2,1-2H3,(H,26,32)/b27-14+. The molecule has 0 unspecified atom stereocenters. The van der Waals surface area contributed by atoms with Crippen molar-refractivity contribution in [3.63, 3.8) is 0 Å². The van der Waals surface area contributed by atoms with Crippen LogP contribution in [0.3, 0.4) is 0 Å². The lowest BCUT2D eigenvalue weighted by Gasteiger charge is -2.08. The molecule has 3 N–H and O–H groups in total. The molecule has 1 amide bonds. The number of carbonyl (C=O) groups is 1. The fourth-order valence-electron chi connectivity index (χ4n) is 3.51. The fraction of sp³-hybridized carbons (Fsp3) is 0.250. The van der Waals surface area contributed by atoms with Crippen LogP contribution in [0.15, 0.2) is 53.6 Å². The van der Waals surface area contributed by atoms with Crippen molar-refractivity contribution in [1.29, 1.82) is 0 Å². The van der Waals surface area contributed by atoms with Gasteiger partial charge in [0.25, 0.3) is 11.6 Å². The van der Waals surface area contributed by atoms with E-state index < -0.39 is 10.8 Å². The number of non-ortho nitro benzene ring substituents is 1. The number of nitrogen functional groups attached to an aromatic ring is 1. The number of hydrogen-bond acceptors (Lipinski definition) is 8. The third-order valence-corrected chi connectivity index (χ3v) is 5.16. The zero-order valence-electron chi connectivity index (χ0n) is 19.3. The van der Waals surface area contributed by atoms with Gasteiger partial charge < -0.3 is 15.8 Å². The molecule has 0 radical (unpaired) electrons. The van der Waals surface area contributed by atoms with Crippen molar-refractivity contribution in [2.45, 2.75) is 26.4 Å². The number of nitro benzene ring substituents is 1. The van der Waals surface area contributed by atoms with Crippen LogP contribution in [-0.4, -0.2) is 50.9 Å². The van der Waals surface area contributed by atoms with Gasteiger partial charge in [-0.15, -0.1) is 0 Å². The smallest absolute Gasteiger partial charge is 0.270 e. The van der Waals surface area contributed by atoms with E-state index in [-0.39, 0.29) is 23.2 Å². The van der Waals surface area contributed by atoms with Crippen molar-refractivity contribution < 1.29 is 14.5 Å². The van der Waals surface area contributed by atoms with Gasteiger partial charge in [0.2, 0.25) is 0 Å². The molecule has 0 aliphatic heterocycles. The summed E-state index contributed by atoms with van der Waals surface area (Å²) in [4.78, 5) is 32.9. The molecule has 2 aromatic carbocycles. The van der Waals surface area contributed by atoms with E-state index in [0.717, 1.165) is 0 Å². The van der Waals surface area contributed by atoms with Gasteiger partial charge in [0.15, 0.2) is 5.65 Å². The average molecular weight is 476 g/mol. The monoisotopic (exact) mass is 475 g/mol. The Bertz CT molecular complexity index is 1430. The van der Waals surface area contributed by atoms with Gasteiger partial charge in [-0.25, -0.2) is 9.97 Å². The molecule has 0 saturated heterocycles. The van der Waals surface area contributed by atoms with Gasteiger partial charge in [-0.1, -0.05) is 24.3 Å². The second-order valence-electron chi connectivity index (χ2n) is 8.08. The maximum absolute atomic E-state index is 13.1. The first-order chi connectivity index (χ1) is 16.8. The number of rotatable bonds is 9. The number of para-hydroxylation sites is 2. The van der Waals surface area contributed by atoms with Crippen LogP contribution in [0, 0.1) is 10.1 Å². The highest BCUT2D eigenvalue weighted by molar-refractivity contribution is 6.10. The third-order valence-electron chi connectivity index (χ3n) is 5.16. The Morgan fingerprint density at radius 3 is 2.69 bits per heavy atom. The number of nitrogens with one attached hydrogen (secondary N) is 1. The summed E-state index contributed by atoms with van der Waals surface area (Å²) in [5, 5.41) is 18.3. The van der Waals surface area contributed by atoms with Crippen LogP contribution in [0.4, 0.5) is 11.5 Å². The second-order valence-corrected chi connectivity index (χ2v) is 8.08. The number of carbonyl (C=O) groups excluding carboxylic acids is 1. The molecule has 0 fully saturated rings. The zero-order valence-corrected chi connectivity index (χ0v) is 19.3. The number of benzene rings is 2. The van der Waals surface area contributed by atoms with E-state index in [1.807, 2.05) is 26.0 Å². The van der Waals surface area contributed by atoms with Crippen molar-refractivity contribution in [2.24, 2.45) is 5.10 Å². The van der Waals surface area contributed by atoms with Crippen molar-refractivity contribution in [3.8, 4) is 0 Å². The normalized spacial score (nSPS) is 11.6. The largest absolute Gasteiger partial charge is 0.383 e. The van der Waals surface area contributed by atoms with Crippen molar-refractivity contribution in [2.75, 3.05) is 18.9 Å². The summed E-state index contributed by atoms with van der Waals surface area (Å²) in [5.41, 5.74) is 8.80. The molecule has 35 heavy (non-hydrogen) atoms. The van der Waals surface area contributed by atoms with Crippen LogP contribution >= 0.6 is 0 Å². The fourth-order valence-corrected chi connectivity index (χ4v) is 3.51. The second kappa shape index (κ2) is 10.3. The SMILES string of the molecule is CC(C)OCCCNC(=O)c1c(N)n(/N=C/c2cccc([N+](=O)[O-])c2)c2nc3ccccc3nc12. The van der Waals surface area contributed by atoms with Crippen LogP contribution < -0.4 is 11.1 Å². The Hall–Kier alpha value is -4.38. The molecule has 0 atom stereocenters. The summed E-state index contributed by atoms with van der Waals surface area (Å²) in [5.74, 6) is -0.334. The number of anilines is 1. The van der Waals surface area contributed by atoms with E-state index in [0.29, 0.717) is 47.3 Å². The van der Waals surface area contributed by atoms with E-state index in [9.17, 15) is 14.9 Å². The van der Waals surface area contributed by atoms with E-state index in [2.05, 4.69) is 20.4 Å². The maximum atomic E-state index is 13.1. The summed E-state index contributed by atoms with van der Waals surface area (Å²) in [6.07, 6.45) is 2.18. The van der Waals surface area contributed by atoms with Crippen molar-refractivity contribution in [3.05, 3.63) is 69.8 Å². The minimum absolute atomic E-state index is 0.0629. The molecular weight excluding hydrogens is 450 g/mol. The Morgan fingerprint density at radius 1 is 1.23 bits per heavy atom. The van der Waals surface area contributed by atoms with Gasteiger partial charge in [0.05, 0.1) is 28.3 Å². The Labute approximate surface area is 200 Å². The Morgan fingerprint density at radius 2 is 1.97 bits per heavy atom. The molecule has 4 aromatic rings. The first-order valence-corrected chi connectivity index (χ1v) is 11.1.